The van der Waals surface area contributed by atoms with Gasteiger partial charge in [-0.15, -0.1) is 0 Å². The Morgan fingerprint density at radius 3 is 2.46 bits per heavy atom. The van der Waals surface area contributed by atoms with E-state index >= 15 is 0 Å². The first-order valence-electron chi connectivity index (χ1n) is 10.1. The van der Waals surface area contributed by atoms with Crippen LogP contribution in [0.2, 0.25) is 0 Å². The molecule has 28 heavy (non-hydrogen) atoms. The fourth-order valence-corrected chi connectivity index (χ4v) is 3.75. The predicted molar refractivity (Wildman–Crippen MR) is 108 cm³/mol. The van der Waals surface area contributed by atoms with Gasteiger partial charge in [0.25, 0.3) is 0 Å². The van der Waals surface area contributed by atoms with Crippen LogP contribution in [0.15, 0.2) is 47.1 Å². The highest BCUT2D eigenvalue weighted by atomic mass is 16.3. The second-order valence-electron chi connectivity index (χ2n) is 7.95. The molecule has 1 aliphatic carbocycles. The molecule has 6 heteroatoms. The number of amides is 2. The van der Waals surface area contributed by atoms with Crippen LogP contribution in [0.3, 0.4) is 0 Å². The van der Waals surface area contributed by atoms with Crippen molar-refractivity contribution in [1.29, 1.82) is 0 Å². The molecule has 0 radical (unpaired) electrons. The van der Waals surface area contributed by atoms with Crippen LogP contribution in [0.5, 0.6) is 0 Å². The van der Waals surface area contributed by atoms with Crippen molar-refractivity contribution in [3.05, 3.63) is 48.4 Å². The van der Waals surface area contributed by atoms with Crippen LogP contribution in [0.4, 0.5) is 11.4 Å². The van der Waals surface area contributed by atoms with E-state index < -0.39 is 0 Å². The van der Waals surface area contributed by atoms with Gasteiger partial charge in [0.05, 0.1) is 24.6 Å². The molecule has 6 nitrogen and oxygen atoms in total. The van der Waals surface area contributed by atoms with Crippen LogP contribution in [-0.2, 0) is 16.1 Å². The third-order valence-corrected chi connectivity index (χ3v) is 5.76. The summed E-state index contributed by atoms with van der Waals surface area (Å²) in [5, 5.41) is 5.76. The minimum Gasteiger partial charge on any atom is -0.467 e. The number of nitrogens with zero attached hydrogens (tertiary/aromatic N) is 1. The van der Waals surface area contributed by atoms with Crippen molar-refractivity contribution in [2.24, 2.45) is 17.8 Å². The highest BCUT2D eigenvalue weighted by Gasteiger charge is 2.47. The lowest BCUT2D eigenvalue weighted by molar-refractivity contribution is -0.125. The van der Waals surface area contributed by atoms with Crippen LogP contribution >= 0.6 is 0 Å². The molecule has 2 unspecified atom stereocenters. The molecule has 1 aromatic carbocycles. The van der Waals surface area contributed by atoms with E-state index in [9.17, 15) is 9.59 Å². The molecule has 2 aliphatic rings. The topological polar surface area (TPSA) is 74.6 Å². The van der Waals surface area contributed by atoms with E-state index in [0.717, 1.165) is 24.7 Å². The number of nitrogens with one attached hydrogen (secondary N) is 2. The Morgan fingerprint density at radius 1 is 1.07 bits per heavy atom. The first-order valence-corrected chi connectivity index (χ1v) is 10.1. The van der Waals surface area contributed by atoms with Gasteiger partial charge in [-0.25, -0.2) is 0 Å². The first kappa shape index (κ1) is 18.6. The van der Waals surface area contributed by atoms with Gasteiger partial charge in [-0.1, -0.05) is 6.92 Å². The molecular formula is C22H27N3O3. The van der Waals surface area contributed by atoms with Crippen LogP contribution in [0, 0.1) is 17.8 Å². The fourth-order valence-electron chi connectivity index (χ4n) is 3.75. The van der Waals surface area contributed by atoms with Gasteiger partial charge in [0, 0.05) is 24.5 Å². The lowest BCUT2D eigenvalue weighted by atomic mass is 9.99. The highest BCUT2D eigenvalue weighted by Crippen LogP contribution is 2.39. The van der Waals surface area contributed by atoms with E-state index in [2.05, 4.69) is 34.6 Å². The molecule has 2 amide bonds. The minimum atomic E-state index is -0.250. The summed E-state index contributed by atoms with van der Waals surface area (Å²) in [4.78, 5) is 27.0. The van der Waals surface area contributed by atoms with Gasteiger partial charge >= 0.3 is 0 Å². The predicted octanol–water partition coefficient (Wildman–Crippen LogP) is 3.41. The van der Waals surface area contributed by atoms with Crippen molar-refractivity contribution in [3.63, 3.8) is 0 Å². The molecule has 0 spiro atoms. The zero-order valence-corrected chi connectivity index (χ0v) is 16.2. The molecule has 2 aromatic rings. The van der Waals surface area contributed by atoms with Gasteiger partial charge in [0.2, 0.25) is 11.8 Å². The van der Waals surface area contributed by atoms with Crippen molar-refractivity contribution in [3.8, 4) is 0 Å². The van der Waals surface area contributed by atoms with E-state index in [1.807, 2.05) is 18.2 Å². The van der Waals surface area contributed by atoms with E-state index in [-0.39, 0.29) is 23.7 Å². The Kier molecular flexibility index (Phi) is 5.37. The molecular weight excluding hydrogens is 354 g/mol. The van der Waals surface area contributed by atoms with Crippen LogP contribution in [-0.4, -0.2) is 24.9 Å². The van der Waals surface area contributed by atoms with Crippen LogP contribution in [0.25, 0.3) is 0 Å². The van der Waals surface area contributed by atoms with Gasteiger partial charge in [-0.05, 0) is 61.6 Å². The summed E-state index contributed by atoms with van der Waals surface area (Å²) < 4.78 is 5.20. The summed E-state index contributed by atoms with van der Waals surface area (Å²) in [6.07, 6.45) is 4.62. The van der Waals surface area contributed by atoms with Crippen molar-refractivity contribution < 1.29 is 14.0 Å². The highest BCUT2D eigenvalue weighted by molar-refractivity contribution is 5.99. The molecule has 0 bridgehead atoms. The Balaban J connectivity index is 1.24. The Labute approximate surface area is 165 Å². The standard InChI is InChI=1S/C22H27N3O3/c1-15-8-10-25(11-9-15)17-6-4-16(5-7-17)24-22(27)20-13-19(20)21(26)23-14-18-3-2-12-28-18/h2-7,12,15,19-20H,8-11,13-14H2,1H3,(H,23,26)(H,24,27). The molecule has 2 fully saturated rings. The van der Waals surface area contributed by atoms with E-state index in [1.165, 1.54) is 18.5 Å². The van der Waals surface area contributed by atoms with E-state index in [0.29, 0.717) is 18.7 Å². The minimum absolute atomic E-state index is 0.0855. The fraction of sp³-hybridized carbons (Fsp3) is 0.455. The third kappa shape index (κ3) is 4.38. The Hall–Kier alpha value is -2.76. The number of carbonyl (C=O) groups is 2. The average molecular weight is 381 g/mol. The Morgan fingerprint density at radius 2 is 1.79 bits per heavy atom. The maximum atomic E-state index is 12.4. The second-order valence-corrected chi connectivity index (χ2v) is 7.95. The summed E-state index contributed by atoms with van der Waals surface area (Å²) in [5.41, 5.74) is 1.98. The van der Waals surface area contributed by atoms with Crippen molar-refractivity contribution in [2.75, 3.05) is 23.3 Å². The van der Waals surface area contributed by atoms with Gasteiger partial charge in [0.1, 0.15) is 5.76 Å². The summed E-state index contributed by atoms with van der Waals surface area (Å²) in [6, 6.07) is 11.6. The smallest absolute Gasteiger partial charge is 0.228 e. The molecule has 1 aromatic heterocycles. The molecule has 1 saturated carbocycles. The third-order valence-electron chi connectivity index (χ3n) is 5.76. The SMILES string of the molecule is CC1CCN(c2ccc(NC(=O)C3CC3C(=O)NCc3ccco3)cc2)CC1. The quantitative estimate of drug-likeness (QED) is 0.804. The zero-order valence-electron chi connectivity index (χ0n) is 16.2. The molecule has 148 valence electrons. The summed E-state index contributed by atoms with van der Waals surface area (Å²) in [5.74, 6) is 0.837. The van der Waals surface area contributed by atoms with Gasteiger partial charge in [-0.3, -0.25) is 9.59 Å². The molecule has 2 atom stereocenters. The lowest BCUT2D eigenvalue weighted by Crippen LogP contribution is -2.32. The van der Waals surface area contributed by atoms with Crippen molar-refractivity contribution in [1.82, 2.24) is 5.32 Å². The average Bonchev–Trinajstić information content (AvgIpc) is 3.35. The molecule has 2 N–H and O–H groups in total. The largest absolute Gasteiger partial charge is 0.467 e. The Bertz CT molecular complexity index is 808. The number of benzene rings is 1. The van der Waals surface area contributed by atoms with Crippen molar-refractivity contribution >= 4 is 23.2 Å². The van der Waals surface area contributed by atoms with Gasteiger partial charge < -0.3 is 20.0 Å². The normalized spacial score (nSPS) is 22.0. The zero-order chi connectivity index (χ0) is 19.5. The van der Waals surface area contributed by atoms with Gasteiger partial charge in [0.15, 0.2) is 0 Å². The number of piperidine rings is 1. The maximum Gasteiger partial charge on any atom is 0.228 e. The number of rotatable bonds is 6. The lowest BCUT2D eigenvalue weighted by Gasteiger charge is -2.32. The molecule has 1 aliphatic heterocycles. The number of hydrogen-bond acceptors (Lipinski definition) is 4. The molecule has 1 saturated heterocycles. The summed E-state index contributed by atoms with van der Waals surface area (Å²) in [7, 11) is 0. The number of hydrogen-bond donors (Lipinski definition) is 2. The maximum absolute atomic E-state index is 12.4. The van der Waals surface area contributed by atoms with Crippen LogP contribution < -0.4 is 15.5 Å². The molecule has 2 heterocycles. The monoisotopic (exact) mass is 381 g/mol. The summed E-state index contributed by atoms with van der Waals surface area (Å²) in [6.45, 7) is 4.83. The second kappa shape index (κ2) is 8.09. The van der Waals surface area contributed by atoms with Crippen molar-refractivity contribution in [2.45, 2.75) is 32.7 Å². The summed E-state index contributed by atoms with van der Waals surface area (Å²) >= 11 is 0. The van der Waals surface area contributed by atoms with Crippen LogP contribution in [0.1, 0.15) is 31.9 Å². The number of furan rings is 1. The van der Waals surface area contributed by atoms with E-state index in [1.54, 1.807) is 12.3 Å². The van der Waals surface area contributed by atoms with Gasteiger partial charge in [-0.2, -0.15) is 0 Å². The first-order chi connectivity index (χ1) is 13.6. The number of carbonyl (C=O) groups excluding carboxylic acids is 2. The number of anilines is 2. The molecule has 4 rings (SSSR count). The van der Waals surface area contributed by atoms with E-state index in [4.69, 9.17) is 4.42 Å².